The molecule has 0 amide bonds. The molecular formula is C16H19F3O. The Balaban J connectivity index is 3.10. The maximum Gasteiger partial charge on any atom is 0.394 e. The predicted octanol–water partition coefficient (Wildman–Crippen LogP) is 4.29. The lowest BCUT2D eigenvalue weighted by Crippen LogP contribution is -2.46. The molecule has 4 heteroatoms. The minimum Gasteiger partial charge on any atom is -0.389 e. The SMILES string of the molecule is C=CCC(O)(CC=C)C(Cc1ccccc1)C(F)(F)F. The van der Waals surface area contributed by atoms with Crippen LogP contribution in [0.15, 0.2) is 55.6 Å². The smallest absolute Gasteiger partial charge is 0.389 e. The molecule has 0 saturated heterocycles. The van der Waals surface area contributed by atoms with E-state index in [-0.39, 0.29) is 19.3 Å². The molecule has 0 aliphatic heterocycles. The first-order valence-electron chi connectivity index (χ1n) is 6.38. The fourth-order valence-corrected chi connectivity index (χ4v) is 2.33. The van der Waals surface area contributed by atoms with Crippen LogP contribution < -0.4 is 0 Å². The van der Waals surface area contributed by atoms with E-state index in [1.165, 1.54) is 12.2 Å². The van der Waals surface area contributed by atoms with Crippen LogP contribution in [-0.4, -0.2) is 16.9 Å². The van der Waals surface area contributed by atoms with E-state index in [2.05, 4.69) is 13.2 Å². The summed E-state index contributed by atoms with van der Waals surface area (Å²) in [5.41, 5.74) is -1.36. The number of halogens is 3. The lowest BCUT2D eigenvalue weighted by molar-refractivity contribution is -0.225. The van der Waals surface area contributed by atoms with Gasteiger partial charge in [-0.3, -0.25) is 0 Å². The summed E-state index contributed by atoms with van der Waals surface area (Å²) < 4.78 is 40.0. The highest BCUT2D eigenvalue weighted by molar-refractivity contribution is 5.17. The van der Waals surface area contributed by atoms with Crippen molar-refractivity contribution in [3.05, 3.63) is 61.2 Å². The molecule has 110 valence electrons. The third kappa shape index (κ3) is 4.23. The molecule has 1 aromatic rings. The van der Waals surface area contributed by atoms with Gasteiger partial charge in [0.2, 0.25) is 0 Å². The van der Waals surface area contributed by atoms with Gasteiger partial charge in [-0.25, -0.2) is 0 Å². The lowest BCUT2D eigenvalue weighted by Gasteiger charge is -2.36. The van der Waals surface area contributed by atoms with Crippen LogP contribution in [0.1, 0.15) is 18.4 Å². The maximum absolute atomic E-state index is 13.3. The van der Waals surface area contributed by atoms with Gasteiger partial charge in [-0.15, -0.1) is 13.2 Å². The van der Waals surface area contributed by atoms with Crippen molar-refractivity contribution in [3.8, 4) is 0 Å². The lowest BCUT2D eigenvalue weighted by atomic mass is 9.78. The van der Waals surface area contributed by atoms with Crippen molar-refractivity contribution in [2.24, 2.45) is 5.92 Å². The molecule has 0 spiro atoms. The van der Waals surface area contributed by atoms with E-state index in [1.807, 2.05) is 0 Å². The average molecular weight is 284 g/mol. The first kappa shape index (κ1) is 16.5. The van der Waals surface area contributed by atoms with Crippen LogP contribution in [0.2, 0.25) is 0 Å². The zero-order chi connectivity index (χ0) is 15.2. The van der Waals surface area contributed by atoms with Gasteiger partial charge in [0.15, 0.2) is 0 Å². The number of rotatable bonds is 7. The number of benzene rings is 1. The monoisotopic (exact) mass is 284 g/mol. The van der Waals surface area contributed by atoms with Gasteiger partial charge >= 0.3 is 6.18 Å². The molecule has 1 rings (SSSR count). The molecule has 1 atom stereocenters. The van der Waals surface area contributed by atoms with E-state index < -0.39 is 17.7 Å². The van der Waals surface area contributed by atoms with Crippen LogP contribution in [0.25, 0.3) is 0 Å². The van der Waals surface area contributed by atoms with Crippen molar-refractivity contribution in [2.45, 2.75) is 31.0 Å². The molecule has 1 N–H and O–H groups in total. The number of alkyl halides is 3. The Hall–Kier alpha value is -1.55. The van der Waals surface area contributed by atoms with Gasteiger partial charge in [0, 0.05) is 0 Å². The van der Waals surface area contributed by atoms with Gasteiger partial charge in [-0.05, 0) is 24.8 Å². The van der Waals surface area contributed by atoms with E-state index in [0.29, 0.717) is 5.56 Å². The Kier molecular flexibility index (Phi) is 5.57. The minimum absolute atomic E-state index is 0.129. The van der Waals surface area contributed by atoms with Gasteiger partial charge in [-0.2, -0.15) is 13.2 Å². The largest absolute Gasteiger partial charge is 0.394 e. The van der Waals surface area contributed by atoms with Gasteiger partial charge < -0.3 is 5.11 Å². The van der Waals surface area contributed by atoms with Crippen molar-refractivity contribution in [1.82, 2.24) is 0 Å². The molecule has 1 nitrogen and oxygen atoms in total. The quantitative estimate of drug-likeness (QED) is 0.740. The highest BCUT2D eigenvalue weighted by Gasteiger charge is 2.51. The van der Waals surface area contributed by atoms with Crippen LogP contribution in [0.3, 0.4) is 0 Å². The first-order chi connectivity index (χ1) is 9.33. The Morgan fingerprint density at radius 3 is 1.95 bits per heavy atom. The number of aliphatic hydroxyl groups is 1. The summed E-state index contributed by atoms with van der Waals surface area (Å²) in [4.78, 5) is 0. The highest BCUT2D eigenvalue weighted by atomic mass is 19.4. The van der Waals surface area contributed by atoms with Crippen molar-refractivity contribution < 1.29 is 18.3 Å². The standard InChI is InChI=1S/C16H19F3O/c1-3-10-15(20,11-4-2)14(16(17,18)19)12-13-8-6-5-7-9-13/h3-9,14,20H,1-2,10-12H2. The van der Waals surface area contributed by atoms with E-state index in [9.17, 15) is 18.3 Å². The molecule has 1 unspecified atom stereocenters. The summed E-state index contributed by atoms with van der Waals surface area (Å²) in [5, 5.41) is 10.4. The average Bonchev–Trinajstić information content (AvgIpc) is 2.36. The molecule has 0 aromatic heterocycles. The predicted molar refractivity (Wildman–Crippen MR) is 74.3 cm³/mol. The highest BCUT2D eigenvalue weighted by Crippen LogP contribution is 2.41. The number of hydrogen-bond acceptors (Lipinski definition) is 1. The second-order valence-corrected chi connectivity index (χ2v) is 4.87. The minimum atomic E-state index is -4.49. The summed E-state index contributed by atoms with van der Waals surface area (Å²) >= 11 is 0. The van der Waals surface area contributed by atoms with E-state index in [4.69, 9.17) is 0 Å². The first-order valence-corrected chi connectivity index (χ1v) is 6.38. The summed E-state index contributed by atoms with van der Waals surface area (Å²) in [7, 11) is 0. The molecule has 0 fully saturated rings. The molecule has 0 heterocycles. The zero-order valence-corrected chi connectivity index (χ0v) is 11.2. The van der Waals surface area contributed by atoms with Crippen LogP contribution in [0, 0.1) is 5.92 Å². The summed E-state index contributed by atoms with van der Waals surface area (Å²) in [6, 6.07) is 8.36. The van der Waals surface area contributed by atoms with E-state index >= 15 is 0 Å². The Morgan fingerprint density at radius 2 is 1.55 bits per heavy atom. The fraction of sp³-hybridized carbons (Fsp3) is 0.375. The maximum atomic E-state index is 13.3. The second-order valence-electron chi connectivity index (χ2n) is 4.87. The third-order valence-electron chi connectivity index (χ3n) is 3.32. The van der Waals surface area contributed by atoms with Gasteiger partial charge in [0.25, 0.3) is 0 Å². The molecule has 0 aliphatic rings. The van der Waals surface area contributed by atoms with Gasteiger partial charge in [0.05, 0.1) is 11.5 Å². The van der Waals surface area contributed by atoms with E-state index in [1.54, 1.807) is 30.3 Å². The summed E-state index contributed by atoms with van der Waals surface area (Å²) in [6.45, 7) is 6.88. The fourth-order valence-electron chi connectivity index (χ4n) is 2.33. The molecular weight excluding hydrogens is 265 g/mol. The van der Waals surface area contributed by atoms with Crippen LogP contribution in [0.4, 0.5) is 13.2 Å². The topological polar surface area (TPSA) is 20.2 Å². The summed E-state index contributed by atoms with van der Waals surface area (Å²) in [6.07, 6.45) is -2.38. The van der Waals surface area contributed by atoms with Crippen molar-refractivity contribution in [2.75, 3.05) is 0 Å². The Morgan fingerprint density at radius 1 is 1.05 bits per heavy atom. The number of hydrogen-bond donors (Lipinski definition) is 1. The van der Waals surface area contributed by atoms with Gasteiger partial charge in [-0.1, -0.05) is 42.5 Å². The summed E-state index contributed by atoms with van der Waals surface area (Å²) in [5.74, 6) is -1.85. The molecule has 0 bridgehead atoms. The third-order valence-corrected chi connectivity index (χ3v) is 3.32. The Bertz CT molecular complexity index is 427. The van der Waals surface area contributed by atoms with Gasteiger partial charge in [0.1, 0.15) is 0 Å². The normalized spacial score (nSPS) is 13.8. The van der Waals surface area contributed by atoms with Crippen LogP contribution in [0.5, 0.6) is 0 Å². The van der Waals surface area contributed by atoms with Crippen molar-refractivity contribution in [3.63, 3.8) is 0 Å². The van der Waals surface area contributed by atoms with E-state index in [0.717, 1.165) is 0 Å². The second kappa shape index (κ2) is 6.75. The Labute approximate surface area is 117 Å². The van der Waals surface area contributed by atoms with Crippen LogP contribution in [-0.2, 0) is 6.42 Å². The van der Waals surface area contributed by atoms with Crippen molar-refractivity contribution in [1.29, 1.82) is 0 Å². The molecule has 0 aliphatic carbocycles. The molecule has 1 aromatic carbocycles. The zero-order valence-electron chi connectivity index (χ0n) is 11.2. The molecule has 20 heavy (non-hydrogen) atoms. The molecule has 0 saturated carbocycles. The van der Waals surface area contributed by atoms with Crippen LogP contribution >= 0.6 is 0 Å². The molecule has 0 radical (unpaired) electrons. The van der Waals surface area contributed by atoms with Crippen molar-refractivity contribution >= 4 is 0 Å².